The van der Waals surface area contributed by atoms with Gasteiger partial charge in [-0.3, -0.25) is 4.79 Å². The van der Waals surface area contributed by atoms with Gasteiger partial charge in [0.15, 0.2) is 0 Å². The van der Waals surface area contributed by atoms with E-state index in [0.29, 0.717) is 26.1 Å². The molecule has 1 saturated heterocycles. The summed E-state index contributed by atoms with van der Waals surface area (Å²) in [4.78, 5) is 24.5. The Balaban J connectivity index is 1.43. The molecule has 1 aliphatic rings. The van der Waals surface area contributed by atoms with Crippen molar-refractivity contribution in [2.75, 3.05) is 19.6 Å². The van der Waals surface area contributed by atoms with Crippen LogP contribution in [0.1, 0.15) is 12.8 Å². The topological polar surface area (TPSA) is 74.6 Å². The average Bonchev–Trinajstić information content (AvgIpc) is 3.19. The van der Waals surface area contributed by atoms with Gasteiger partial charge in [0.2, 0.25) is 0 Å². The van der Waals surface area contributed by atoms with Crippen LogP contribution in [-0.4, -0.2) is 46.2 Å². The van der Waals surface area contributed by atoms with E-state index < -0.39 is 11.9 Å². The maximum Gasteiger partial charge on any atom is 0.317 e. The molecular formula is C17H21N3O3. The summed E-state index contributed by atoms with van der Waals surface area (Å²) in [5.41, 5.74) is 1.20. The minimum Gasteiger partial charge on any atom is -0.481 e. The van der Waals surface area contributed by atoms with Crippen molar-refractivity contribution in [3.8, 4) is 0 Å². The molecule has 0 aliphatic carbocycles. The van der Waals surface area contributed by atoms with Crippen molar-refractivity contribution in [1.29, 1.82) is 0 Å². The Labute approximate surface area is 134 Å². The van der Waals surface area contributed by atoms with Crippen molar-refractivity contribution < 1.29 is 14.7 Å². The summed E-state index contributed by atoms with van der Waals surface area (Å²) in [6.45, 7) is 2.25. The van der Waals surface area contributed by atoms with E-state index in [-0.39, 0.29) is 6.03 Å². The monoisotopic (exact) mass is 315 g/mol. The van der Waals surface area contributed by atoms with E-state index >= 15 is 0 Å². The molecule has 1 aromatic carbocycles. The summed E-state index contributed by atoms with van der Waals surface area (Å²) >= 11 is 0. The first kappa shape index (κ1) is 15.4. The molecule has 1 aliphatic heterocycles. The highest BCUT2D eigenvalue weighted by atomic mass is 16.4. The predicted molar refractivity (Wildman–Crippen MR) is 87.3 cm³/mol. The molecule has 0 spiro atoms. The van der Waals surface area contributed by atoms with Crippen LogP contribution in [0.15, 0.2) is 36.5 Å². The summed E-state index contributed by atoms with van der Waals surface area (Å²) in [6.07, 6.45) is 3.43. The van der Waals surface area contributed by atoms with Crippen molar-refractivity contribution in [1.82, 2.24) is 14.8 Å². The molecule has 1 aromatic heterocycles. The standard InChI is InChI=1S/C17H21N3O3/c21-16(22)14-7-11-20(12-14)17(23)18-8-3-9-19-10-6-13-4-1-2-5-15(13)19/h1-2,4-6,10,14H,3,7-9,11-12H2,(H,18,23)(H,21,22). The van der Waals surface area contributed by atoms with E-state index in [1.807, 2.05) is 12.1 Å². The Hall–Kier alpha value is -2.50. The van der Waals surface area contributed by atoms with Crippen molar-refractivity contribution in [3.63, 3.8) is 0 Å². The maximum absolute atomic E-state index is 12.0. The van der Waals surface area contributed by atoms with Crippen LogP contribution in [0.25, 0.3) is 10.9 Å². The molecule has 3 rings (SSSR count). The van der Waals surface area contributed by atoms with Gasteiger partial charge in [0.1, 0.15) is 0 Å². The number of urea groups is 1. The summed E-state index contributed by atoms with van der Waals surface area (Å²) in [5.74, 6) is -1.24. The van der Waals surface area contributed by atoms with Gasteiger partial charge in [-0.15, -0.1) is 0 Å². The molecule has 0 radical (unpaired) electrons. The highest BCUT2D eigenvalue weighted by Gasteiger charge is 2.30. The van der Waals surface area contributed by atoms with Crippen LogP contribution in [0.5, 0.6) is 0 Å². The number of carboxylic acid groups (broad SMARTS) is 1. The first-order valence-corrected chi connectivity index (χ1v) is 7.94. The molecule has 6 nitrogen and oxygen atoms in total. The molecule has 6 heteroatoms. The normalized spacial score (nSPS) is 17.6. The van der Waals surface area contributed by atoms with Gasteiger partial charge in [0.25, 0.3) is 0 Å². The van der Waals surface area contributed by atoms with Gasteiger partial charge in [-0.2, -0.15) is 0 Å². The second-order valence-electron chi connectivity index (χ2n) is 5.92. The molecule has 0 saturated carbocycles. The highest BCUT2D eigenvalue weighted by molar-refractivity contribution is 5.80. The number of hydrogen-bond donors (Lipinski definition) is 2. The van der Waals surface area contributed by atoms with Crippen molar-refractivity contribution >= 4 is 22.9 Å². The summed E-state index contributed by atoms with van der Waals surface area (Å²) in [7, 11) is 0. The van der Waals surface area contributed by atoms with E-state index in [1.54, 1.807) is 4.90 Å². The van der Waals surface area contributed by atoms with Gasteiger partial charge in [-0.1, -0.05) is 18.2 Å². The number of amides is 2. The van der Waals surface area contributed by atoms with Crippen LogP contribution < -0.4 is 5.32 Å². The number of aryl methyl sites for hydroxylation is 1. The first-order valence-electron chi connectivity index (χ1n) is 7.94. The van der Waals surface area contributed by atoms with E-state index in [1.165, 1.54) is 10.9 Å². The van der Waals surface area contributed by atoms with Crippen LogP contribution >= 0.6 is 0 Å². The third kappa shape index (κ3) is 3.47. The second-order valence-corrected chi connectivity index (χ2v) is 5.92. The number of benzene rings is 1. The molecule has 1 unspecified atom stereocenters. The third-order valence-electron chi connectivity index (χ3n) is 4.36. The Bertz CT molecular complexity index is 710. The van der Waals surface area contributed by atoms with Gasteiger partial charge in [-0.05, 0) is 30.4 Å². The van der Waals surface area contributed by atoms with E-state index in [2.05, 4.69) is 34.3 Å². The molecule has 122 valence electrons. The minimum absolute atomic E-state index is 0.161. The Morgan fingerprint density at radius 2 is 2.09 bits per heavy atom. The number of carbonyl (C=O) groups is 2. The lowest BCUT2D eigenvalue weighted by Gasteiger charge is -2.16. The summed E-state index contributed by atoms with van der Waals surface area (Å²) in [5, 5.41) is 13.0. The number of nitrogens with one attached hydrogen (secondary N) is 1. The minimum atomic E-state index is -0.820. The molecule has 0 bridgehead atoms. The summed E-state index contributed by atoms with van der Waals surface area (Å²) in [6, 6.07) is 10.1. The number of hydrogen-bond acceptors (Lipinski definition) is 2. The fourth-order valence-corrected chi connectivity index (χ4v) is 3.04. The van der Waals surface area contributed by atoms with E-state index in [9.17, 15) is 9.59 Å². The van der Waals surface area contributed by atoms with Gasteiger partial charge < -0.3 is 19.9 Å². The van der Waals surface area contributed by atoms with Crippen LogP contribution in [0.3, 0.4) is 0 Å². The van der Waals surface area contributed by atoms with Crippen LogP contribution in [0, 0.1) is 5.92 Å². The zero-order valence-corrected chi connectivity index (χ0v) is 12.9. The van der Waals surface area contributed by atoms with Crippen molar-refractivity contribution in [3.05, 3.63) is 36.5 Å². The van der Waals surface area contributed by atoms with E-state index in [4.69, 9.17) is 5.11 Å². The maximum atomic E-state index is 12.0. The number of nitrogens with zero attached hydrogens (tertiary/aromatic N) is 2. The molecule has 1 atom stereocenters. The number of carboxylic acids is 1. The number of likely N-dealkylation sites (tertiary alicyclic amines) is 1. The van der Waals surface area contributed by atoms with Crippen molar-refractivity contribution in [2.45, 2.75) is 19.4 Å². The second kappa shape index (κ2) is 6.73. The van der Waals surface area contributed by atoms with Crippen molar-refractivity contribution in [2.24, 2.45) is 5.92 Å². The molecule has 2 aromatic rings. The lowest BCUT2D eigenvalue weighted by Crippen LogP contribution is -2.39. The molecule has 2 amide bonds. The van der Waals surface area contributed by atoms with E-state index in [0.717, 1.165) is 13.0 Å². The molecule has 2 heterocycles. The fraction of sp³-hybridized carbons (Fsp3) is 0.412. The third-order valence-corrected chi connectivity index (χ3v) is 4.36. The van der Waals surface area contributed by atoms with Gasteiger partial charge >= 0.3 is 12.0 Å². The number of aliphatic carboxylic acids is 1. The SMILES string of the molecule is O=C(O)C1CCN(C(=O)NCCCn2ccc3ccccc32)C1. The van der Waals surface area contributed by atoms with Gasteiger partial charge in [0, 0.05) is 37.9 Å². The van der Waals surface area contributed by atoms with Crippen LogP contribution in [0.4, 0.5) is 4.79 Å². The Morgan fingerprint density at radius 1 is 1.26 bits per heavy atom. The van der Waals surface area contributed by atoms with Gasteiger partial charge in [-0.25, -0.2) is 4.79 Å². The zero-order chi connectivity index (χ0) is 16.2. The first-order chi connectivity index (χ1) is 11.1. The molecule has 23 heavy (non-hydrogen) atoms. The highest BCUT2D eigenvalue weighted by Crippen LogP contribution is 2.16. The number of aromatic nitrogens is 1. The summed E-state index contributed by atoms with van der Waals surface area (Å²) < 4.78 is 2.18. The number of fused-ring (bicyclic) bond motifs is 1. The zero-order valence-electron chi connectivity index (χ0n) is 12.9. The smallest absolute Gasteiger partial charge is 0.317 e. The Kier molecular flexibility index (Phi) is 4.50. The molecule has 1 fully saturated rings. The largest absolute Gasteiger partial charge is 0.481 e. The number of para-hydroxylation sites is 1. The quantitative estimate of drug-likeness (QED) is 0.830. The Morgan fingerprint density at radius 3 is 2.87 bits per heavy atom. The lowest BCUT2D eigenvalue weighted by molar-refractivity contribution is -0.141. The van der Waals surface area contributed by atoms with Crippen LogP contribution in [-0.2, 0) is 11.3 Å². The number of rotatable bonds is 5. The predicted octanol–water partition coefficient (Wildman–Crippen LogP) is 2.15. The average molecular weight is 315 g/mol. The number of carbonyl (C=O) groups excluding carboxylic acids is 1. The lowest BCUT2D eigenvalue weighted by atomic mass is 10.1. The molecule has 2 N–H and O–H groups in total. The van der Waals surface area contributed by atoms with Crippen LogP contribution in [0.2, 0.25) is 0 Å². The van der Waals surface area contributed by atoms with Gasteiger partial charge in [0.05, 0.1) is 5.92 Å². The molecular weight excluding hydrogens is 294 g/mol. The fourth-order valence-electron chi connectivity index (χ4n) is 3.04.